The summed E-state index contributed by atoms with van der Waals surface area (Å²) in [5, 5.41) is 3.13. The van der Waals surface area contributed by atoms with Crippen LogP contribution in [0, 0.1) is 5.92 Å². The molecule has 0 aliphatic carbocycles. The van der Waals surface area contributed by atoms with Gasteiger partial charge in [0.25, 0.3) is 0 Å². The van der Waals surface area contributed by atoms with E-state index in [0.717, 1.165) is 31.7 Å². The van der Waals surface area contributed by atoms with Gasteiger partial charge in [0.2, 0.25) is 0 Å². The van der Waals surface area contributed by atoms with Gasteiger partial charge in [-0.1, -0.05) is 0 Å². The number of ether oxygens (including phenoxy) is 2. The zero-order valence-electron chi connectivity index (χ0n) is 15.0. The van der Waals surface area contributed by atoms with Crippen LogP contribution in [0.5, 0.6) is 6.01 Å². The normalized spacial score (nSPS) is 18.2. The first kappa shape index (κ1) is 18.3. The molecule has 0 saturated carbocycles. The molecule has 7 heteroatoms. The van der Waals surface area contributed by atoms with Gasteiger partial charge in [-0.3, -0.25) is 0 Å². The zero-order valence-corrected chi connectivity index (χ0v) is 15.0. The van der Waals surface area contributed by atoms with E-state index >= 15 is 0 Å². The summed E-state index contributed by atoms with van der Waals surface area (Å²) >= 11 is 0. The SMILES string of the molecule is CCNc1ccnc(OC[C@H]2CCCN(C(=O)OC(C)(C)C)C2)n1. The number of aromatic nitrogens is 2. The third-order valence-electron chi connectivity index (χ3n) is 3.61. The van der Waals surface area contributed by atoms with Gasteiger partial charge in [-0.25, -0.2) is 9.78 Å². The molecule has 0 aromatic carbocycles. The molecular formula is C17H28N4O3. The standard InChI is InChI=1S/C17H28N4O3/c1-5-18-14-8-9-19-15(20-14)23-12-13-7-6-10-21(11-13)16(22)24-17(2,3)4/h8-9,13H,5-7,10-12H2,1-4H3,(H,18,19,20)/t13-/m0/s1. The maximum absolute atomic E-state index is 12.2. The Morgan fingerprint density at radius 2 is 2.25 bits per heavy atom. The molecule has 2 rings (SSSR count). The first-order valence-corrected chi connectivity index (χ1v) is 8.55. The second-order valence-electron chi connectivity index (χ2n) is 7.00. The van der Waals surface area contributed by atoms with E-state index in [0.29, 0.717) is 19.2 Å². The quantitative estimate of drug-likeness (QED) is 0.891. The van der Waals surface area contributed by atoms with Crippen molar-refractivity contribution < 1.29 is 14.3 Å². The molecule has 1 atom stereocenters. The zero-order chi connectivity index (χ0) is 17.6. The molecule has 0 unspecified atom stereocenters. The second-order valence-corrected chi connectivity index (χ2v) is 7.00. The highest BCUT2D eigenvalue weighted by atomic mass is 16.6. The molecule has 1 aliphatic heterocycles. The van der Waals surface area contributed by atoms with Crippen molar-refractivity contribution in [3.63, 3.8) is 0 Å². The summed E-state index contributed by atoms with van der Waals surface area (Å²) < 4.78 is 11.2. The van der Waals surface area contributed by atoms with E-state index in [9.17, 15) is 4.79 Å². The predicted octanol–water partition coefficient (Wildman–Crippen LogP) is 2.93. The van der Waals surface area contributed by atoms with Crippen molar-refractivity contribution in [1.29, 1.82) is 0 Å². The minimum absolute atomic E-state index is 0.252. The molecule has 1 aromatic heterocycles. The van der Waals surface area contributed by atoms with Crippen molar-refractivity contribution >= 4 is 11.9 Å². The van der Waals surface area contributed by atoms with E-state index in [-0.39, 0.29) is 12.0 Å². The summed E-state index contributed by atoms with van der Waals surface area (Å²) in [5.74, 6) is 1.01. The topological polar surface area (TPSA) is 76.6 Å². The lowest BCUT2D eigenvalue weighted by Gasteiger charge is -2.33. The van der Waals surface area contributed by atoms with Crippen LogP contribution in [0.2, 0.25) is 0 Å². The number of anilines is 1. The average Bonchev–Trinajstić information content (AvgIpc) is 2.52. The molecule has 0 spiro atoms. The molecule has 1 N–H and O–H groups in total. The summed E-state index contributed by atoms with van der Waals surface area (Å²) in [6, 6.07) is 2.17. The van der Waals surface area contributed by atoms with Crippen molar-refractivity contribution in [2.24, 2.45) is 5.92 Å². The van der Waals surface area contributed by atoms with Crippen LogP contribution in [-0.4, -0.2) is 52.8 Å². The molecule has 7 nitrogen and oxygen atoms in total. The van der Waals surface area contributed by atoms with Crippen LogP contribution >= 0.6 is 0 Å². The lowest BCUT2D eigenvalue weighted by atomic mass is 9.99. The number of carbonyl (C=O) groups excluding carboxylic acids is 1. The van der Waals surface area contributed by atoms with E-state index in [2.05, 4.69) is 15.3 Å². The number of piperidine rings is 1. The Balaban J connectivity index is 1.84. The smallest absolute Gasteiger partial charge is 0.410 e. The lowest BCUT2D eigenvalue weighted by Crippen LogP contribution is -2.44. The van der Waals surface area contributed by atoms with Crippen molar-refractivity contribution in [2.75, 3.05) is 31.6 Å². The van der Waals surface area contributed by atoms with Crippen LogP contribution < -0.4 is 10.1 Å². The number of rotatable bonds is 5. The predicted molar refractivity (Wildman–Crippen MR) is 92.2 cm³/mol. The molecule has 1 fully saturated rings. The van der Waals surface area contributed by atoms with Gasteiger partial charge in [-0.2, -0.15) is 4.98 Å². The third-order valence-corrected chi connectivity index (χ3v) is 3.61. The highest BCUT2D eigenvalue weighted by molar-refractivity contribution is 5.68. The van der Waals surface area contributed by atoms with Crippen LogP contribution in [0.1, 0.15) is 40.5 Å². The number of carbonyl (C=O) groups is 1. The Morgan fingerprint density at radius 1 is 1.46 bits per heavy atom. The van der Waals surface area contributed by atoms with E-state index in [4.69, 9.17) is 9.47 Å². The van der Waals surface area contributed by atoms with E-state index in [1.807, 2.05) is 27.7 Å². The van der Waals surface area contributed by atoms with Crippen LogP contribution in [0.25, 0.3) is 0 Å². The average molecular weight is 336 g/mol. The molecule has 2 heterocycles. The van der Waals surface area contributed by atoms with E-state index in [1.165, 1.54) is 0 Å². The van der Waals surface area contributed by atoms with Crippen molar-refractivity contribution in [3.8, 4) is 6.01 Å². The molecule has 0 radical (unpaired) electrons. The van der Waals surface area contributed by atoms with Crippen LogP contribution in [-0.2, 0) is 4.74 Å². The van der Waals surface area contributed by atoms with Gasteiger partial charge in [0.05, 0.1) is 6.61 Å². The molecule has 24 heavy (non-hydrogen) atoms. The number of nitrogens with zero attached hydrogens (tertiary/aromatic N) is 3. The molecule has 1 saturated heterocycles. The van der Waals surface area contributed by atoms with Gasteiger partial charge in [0.1, 0.15) is 11.4 Å². The second kappa shape index (κ2) is 8.17. The molecule has 1 amide bonds. The summed E-state index contributed by atoms with van der Waals surface area (Å²) in [5.41, 5.74) is -0.471. The Morgan fingerprint density at radius 3 is 2.96 bits per heavy atom. The fourth-order valence-electron chi connectivity index (χ4n) is 2.58. The molecule has 134 valence electrons. The number of likely N-dealkylation sites (tertiary alicyclic amines) is 1. The van der Waals surface area contributed by atoms with Crippen LogP contribution in [0.3, 0.4) is 0 Å². The number of amides is 1. The molecular weight excluding hydrogens is 308 g/mol. The molecule has 1 aromatic rings. The Kier molecular flexibility index (Phi) is 6.23. The van der Waals surface area contributed by atoms with Crippen molar-refractivity contribution in [2.45, 2.75) is 46.1 Å². The summed E-state index contributed by atoms with van der Waals surface area (Å²) in [7, 11) is 0. The molecule has 1 aliphatic rings. The Labute approximate surface area is 143 Å². The number of hydrogen-bond acceptors (Lipinski definition) is 6. The van der Waals surface area contributed by atoms with Gasteiger partial charge in [0.15, 0.2) is 0 Å². The third kappa shape index (κ3) is 5.86. The van der Waals surface area contributed by atoms with Gasteiger partial charge < -0.3 is 19.7 Å². The largest absolute Gasteiger partial charge is 0.463 e. The minimum Gasteiger partial charge on any atom is -0.463 e. The van der Waals surface area contributed by atoms with Crippen LogP contribution in [0.4, 0.5) is 10.6 Å². The summed E-state index contributed by atoms with van der Waals surface area (Å²) in [6.45, 7) is 10.3. The monoisotopic (exact) mass is 336 g/mol. The molecule has 0 bridgehead atoms. The summed E-state index contributed by atoms with van der Waals surface area (Å²) in [4.78, 5) is 22.4. The van der Waals surface area contributed by atoms with E-state index in [1.54, 1.807) is 17.2 Å². The fourth-order valence-corrected chi connectivity index (χ4v) is 2.58. The maximum atomic E-state index is 12.2. The van der Waals surface area contributed by atoms with Crippen molar-refractivity contribution in [1.82, 2.24) is 14.9 Å². The highest BCUT2D eigenvalue weighted by Crippen LogP contribution is 2.20. The van der Waals surface area contributed by atoms with Crippen molar-refractivity contribution in [3.05, 3.63) is 12.3 Å². The summed E-state index contributed by atoms with van der Waals surface area (Å²) in [6.07, 6.45) is 3.39. The lowest BCUT2D eigenvalue weighted by molar-refractivity contribution is 0.0137. The Bertz CT molecular complexity index is 545. The van der Waals surface area contributed by atoms with Gasteiger partial charge in [0, 0.05) is 31.7 Å². The Hall–Kier alpha value is -2.05. The van der Waals surface area contributed by atoms with E-state index < -0.39 is 5.60 Å². The first-order chi connectivity index (χ1) is 11.4. The highest BCUT2D eigenvalue weighted by Gasteiger charge is 2.28. The number of nitrogens with one attached hydrogen (secondary N) is 1. The first-order valence-electron chi connectivity index (χ1n) is 8.55. The van der Waals surface area contributed by atoms with Gasteiger partial charge >= 0.3 is 12.1 Å². The maximum Gasteiger partial charge on any atom is 0.410 e. The van der Waals surface area contributed by atoms with Crippen LogP contribution in [0.15, 0.2) is 12.3 Å². The van der Waals surface area contributed by atoms with Gasteiger partial charge in [-0.05, 0) is 46.6 Å². The van der Waals surface area contributed by atoms with Gasteiger partial charge in [-0.15, -0.1) is 0 Å². The fraction of sp³-hybridized carbons (Fsp3) is 0.706. The minimum atomic E-state index is -0.471. The number of hydrogen-bond donors (Lipinski definition) is 1.